The SMILES string of the molecule is CCOC(=O)C(C)(C)CP(=O)(Oc1ccc(F)cc1)C(C)(C)C.CCOC(=O)C(C)(C)CP(=O)(Oc1cccc(F)c1)C(C)(C)C.CCOC(=O)C(C)(C)C[P@@](=O)(Oc1ccc(F)cc1)C(C)(C)C.CCOC(=O)C(C)(C)C[P@@](=O)(Oc1cccc(F)c1)C(C)(C)C.CCOC(=O)C(C)(C)C[P@](=O)(Oc1ccc(F)cc1)C(C)(C)C.CCOC(=O)C(C)(C)C[P@](=O)(Oc1cccc(F)c1)C(C)(C)C. The number of carbonyl (C=O) groups is 6. The van der Waals surface area contributed by atoms with Gasteiger partial charge >= 0.3 is 35.8 Å². The van der Waals surface area contributed by atoms with E-state index in [2.05, 4.69) is 0 Å². The van der Waals surface area contributed by atoms with Crippen molar-refractivity contribution >= 4 is 80.0 Å². The summed E-state index contributed by atoms with van der Waals surface area (Å²) in [4.78, 5) is 72.7. The van der Waals surface area contributed by atoms with Gasteiger partial charge in [-0.2, -0.15) is 0 Å². The molecule has 0 aliphatic rings. The van der Waals surface area contributed by atoms with Crippen molar-refractivity contribution in [2.75, 3.05) is 76.6 Å². The molecule has 0 fully saturated rings. The number of hydrogen-bond donors (Lipinski definition) is 0. The van der Waals surface area contributed by atoms with Gasteiger partial charge < -0.3 is 55.6 Å². The van der Waals surface area contributed by atoms with Gasteiger partial charge in [-0.1, -0.05) is 143 Å². The van der Waals surface area contributed by atoms with Gasteiger partial charge in [0.2, 0.25) is 0 Å². The molecular weight excluding hydrogens is 1910 g/mol. The van der Waals surface area contributed by atoms with Crippen LogP contribution in [-0.2, 0) is 84.6 Å². The molecule has 0 heterocycles. The molecule has 36 heteroatoms. The van der Waals surface area contributed by atoms with Gasteiger partial charge in [-0.05, 0) is 234 Å². The highest BCUT2D eigenvalue weighted by Gasteiger charge is 2.53. The van der Waals surface area contributed by atoms with E-state index >= 15 is 0 Å². The molecule has 0 amide bonds. The number of carbonyl (C=O) groups excluding carboxylic acids is 6. The molecule has 780 valence electrons. The summed E-state index contributed by atoms with van der Waals surface area (Å²) in [6.07, 6.45) is 0.162. The molecule has 2 unspecified atom stereocenters. The van der Waals surface area contributed by atoms with E-state index in [1.165, 1.54) is 127 Å². The van der Waals surface area contributed by atoms with E-state index in [9.17, 15) is 82.5 Å². The lowest BCUT2D eigenvalue weighted by Gasteiger charge is -2.35. The molecule has 6 atom stereocenters. The number of halogens is 6. The van der Waals surface area contributed by atoms with E-state index in [1.54, 1.807) is 267 Å². The summed E-state index contributed by atoms with van der Waals surface area (Å²) in [5.41, 5.74) is -5.74. The molecule has 0 spiro atoms. The number of hydrogen-bond acceptors (Lipinski definition) is 24. The molecule has 0 aliphatic carbocycles. The first-order valence-corrected chi connectivity index (χ1v) is 56.6. The van der Waals surface area contributed by atoms with Crippen LogP contribution in [0.25, 0.3) is 0 Å². The summed E-state index contributed by atoms with van der Waals surface area (Å²) < 4.78 is 225. The smallest absolute Gasteiger partial charge is 0.312 e. The summed E-state index contributed by atoms with van der Waals surface area (Å²) in [7, 11) is -19.7. The van der Waals surface area contributed by atoms with Gasteiger partial charge in [0, 0.05) is 49.1 Å². The third kappa shape index (κ3) is 40.4. The zero-order chi connectivity index (χ0) is 107. The number of benzene rings is 6. The summed E-state index contributed by atoms with van der Waals surface area (Å²) in [5, 5.41) is -4.14. The fraction of sp³-hybridized carbons (Fsp3) is 0.588. The van der Waals surface area contributed by atoms with Crippen molar-refractivity contribution in [3.63, 3.8) is 0 Å². The minimum absolute atomic E-state index is 0.0127. The van der Waals surface area contributed by atoms with Crippen molar-refractivity contribution in [3.8, 4) is 34.5 Å². The monoisotopic (exact) mass is 2060 g/mol. The second-order valence-electron chi connectivity index (χ2n) is 42.9. The maximum atomic E-state index is 13.5. The summed E-state index contributed by atoms with van der Waals surface area (Å²) in [6.45, 7) is 64.5. The number of rotatable bonds is 36. The third-order valence-corrected chi connectivity index (χ3v) is 43.6. The predicted octanol–water partition coefficient (Wildman–Crippen LogP) is 29.2. The van der Waals surface area contributed by atoms with Crippen molar-refractivity contribution in [2.45, 2.75) is 280 Å². The highest BCUT2D eigenvalue weighted by atomic mass is 31.2. The van der Waals surface area contributed by atoms with E-state index in [4.69, 9.17) is 55.6 Å². The van der Waals surface area contributed by atoms with Crippen molar-refractivity contribution in [1.29, 1.82) is 0 Å². The predicted molar refractivity (Wildman–Crippen MR) is 538 cm³/mol. The van der Waals surface area contributed by atoms with Crippen LogP contribution in [0.1, 0.15) is 249 Å². The lowest BCUT2D eigenvalue weighted by Crippen LogP contribution is -2.35. The van der Waals surface area contributed by atoms with Gasteiger partial charge in [0.15, 0.2) is 0 Å². The first-order valence-electron chi connectivity index (χ1n) is 45.8. The van der Waals surface area contributed by atoms with Crippen molar-refractivity contribution in [3.05, 3.63) is 180 Å². The van der Waals surface area contributed by atoms with Crippen LogP contribution in [0.4, 0.5) is 26.3 Å². The second kappa shape index (κ2) is 51.7. The zero-order valence-corrected chi connectivity index (χ0v) is 93.5. The molecule has 6 aromatic carbocycles. The van der Waals surface area contributed by atoms with E-state index in [-0.39, 0.29) is 93.9 Å². The van der Waals surface area contributed by atoms with Crippen molar-refractivity contribution < 1.29 is 138 Å². The molecule has 0 aromatic heterocycles. The first kappa shape index (κ1) is 128. The Morgan fingerprint density at radius 1 is 0.203 bits per heavy atom. The van der Waals surface area contributed by atoms with Crippen molar-refractivity contribution in [1.82, 2.24) is 0 Å². The zero-order valence-electron chi connectivity index (χ0n) is 88.1. The van der Waals surface area contributed by atoms with Crippen LogP contribution in [0, 0.1) is 67.4 Å². The number of ether oxygens (including phenoxy) is 6. The van der Waals surface area contributed by atoms with Gasteiger partial charge in [-0.3, -0.25) is 56.2 Å². The maximum Gasteiger partial charge on any atom is 0.312 e. The fourth-order valence-corrected chi connectivity index (χ4v) is 26.6. The van der Waals surface area contributed by atoms with Crippen molar-refractivity contribution in [2.24, 2.45) is 32.5 Å². The quantitative estimate of drug-likeness (QED) is 0.0153. The van der Waals surface area contributed by atoms with Gasteiger partial charge in [0.25, 0.3) is 44.2 Å². The molecule has 6 aromatic rings. The molecule has 24 nitrogen and oxygen atoms in total. The molecule has 0 saturated heterocycles. The molecule has 0 aliphatic heterocycles. The molecule has 0 radical (unpaired) electrons. The molecule has 138 heavy (non-hydrogen) atoms. The molecular formula is C102H156F6O24P6. The fourth-order valence-electron chi connectivity index (χ4n) is 12.0. The maximum absolute atomic E-state index is 13.5. The summed E-state index contributed by atoms with van der Waals surface area (Å²) >= 11 is 0. The molecule has 0 saturated carbocycles. The van der Waals surface area contributed by atoms with Crippen LogP contribution in [0.15, 0.2) is 146 Å². The van der Waals surface area contributed by atoms with Gasteiger partial charge in [-0.25, -0.2) is 26.3 Å². The Labute approximate surface area is 817 Å². The Morgan fingerprint density at radius 2 is 0.333 bits per heavy atom. The minimum atomic E-state index is -3.31. The van der Waals surface area contributed by atoms with Crippen LogP contribution in [0.2, 0.25) is 0 Å². The second-order valence-corrected chi connectivity index (χ2v) is 62.0. The Hall–Kier alpha value is -8.10. The van der Waals surface area contributed by atoms with E-state index in [1.807, 2.05) is 0 Å². The van der Waals surface area contributed by atoms with E-state index < -0.39 is 178 Å². The Balaban J connectivity index is 0.000000828. The van der Waals surface area contributed by atoms with Gasteiger partial charge in [0.05, 0.1) is 109 Å². The normalized spacial score (nSPS) is 14.9. The van der Waals surface area contributed by atoms with Crippen LogP contribution in [0.5, 0.6) is 34.5 Å². The topological polar surface area (TPSA) is 316 Å². The van der Waals surface area contributed by atoms with Crippen LogP contribution < -0.4 is 27.1 Å². The van der Waals surface area contributed by atoms with E-state index in [0.717, 1.165) is 0 Å². The lowest BCUT2D eigenvalue weighted by atomic mass is 9.97. The average molecular weight is 2070 g/mol. The summed E-state index contributed by atoms with van der Waals surface area (Å²) in [6, 6.07) is 32.7. The summed E-state index contributed by atoms with van der Waals surface area (Å²) in [5.74, 6) is -3.52. The highest BCUT2D eigenvalue weighted by Crippen LogP contribution is 2.67. The first-order chi connectivity index (χ1) is 62.5. The molecule has 0 N–H and O–H groups in total. The van der Waals surface area contributed by atoms with Crippen LogP contribution in [0.3, 0.4) is 0 Å². The Bertz CT molecular complexity index is 4730. The van der Waals surface area contributed by atoms with E-state index in [0.29, 0.717) is 17.2 Å². The van der Waals surface area contributed by atoms with Gasteiger partial charge in [-0.15, -0.1) is 0 Å². The Kier molecular flexibility index (Phi) is 47.9. The Morgan fingerprint density at radius 3 is 0.449 bits per heavy atom. The molecule has 0 bridgehead atoms. The lowest BCUT2D eigenvalue weighted by molar-refractivity contribution is -0.153. The van der Waals surface area contributed by atoms with Gasteiger partial charge in [0.1, 0.15) is 69.4 Å². The minimum Gasteiger partial charge on any atom is -0.466 e. The standard InChI is InChI=1S/6C17H26FO4P/c3*1-7-21-15(19)17(5,6)12-23(20,16(2,3)4)22-14-10-8-13(18)9-11-14;3*1-7-21-15(19)17(5,6)12-23(20,16(2,3)4)22-14-10-8-9-13(18)11-14/h6*8-11H,7,12H2,1-6H3/t2*23-;;2*23-;/m10.10./s1. The largest absolute Gasteiger partial charge is 0.466 e. The molecule has 6 rings (SSSR count). The van der Waals surface area contributed by atoms with Crippen LogP contribution in [-0.4, -0.2) is 143 Å². The average Bonchev–Trinajstić information content (AvgIpc) is 0.808. The number of esters is 6. The third-order valence-electron chi connectivity index (χ3n) is 21.1. The highest BCUT2D eigenvalue weighted by molar-refractivity contribution is 7.62. The van der Waals surface area contributed by atoms with Crippen LogP contribution >= 0.6 is 44.2 Å².